The Morgan fingerprint density at radius 1 is 0.900 bits per heavy atom. The molecule has 2 aromatic rings. The maximum Gasteiger partial charge on any atom is 0.407 e. The van der Waals surface area contributed by atoms with E-state index in [0.717, 1.165) is 11.5 Å². The summed E-state index contributed by atoms with van der Waals surface area (Å²) >= 11 is 0. The second-order valence-corrected chi connectivity index (χ2v) is 9.49. The summed E-state index contributed by atoms with van der Waals surface area (Å²) in [5.41, 5.74) is 10.2. The number of benzene rings is 2. The minimum atomic E-state index is -0.501. The molecule has 8 heteroatoms. The van der Waals surface area contributed by atoms with Crippen LogP contribution in [0.25, 0.3) is 11.1 Å². The van der Waals surface area contributed by atoms with Crippen LogP contribution in [0.1, 0.15) is 23.5 Å². The van der Waals surface area contributed by atoms with E-state index in [0.29, 0.717) is 13.1 Å². The maximum atomic E-state index is 12.1. The van der Waals surface area contributed by atoms with Crippen LogP contribution < -0.4 is 16.4 Å². The van der Waals surface area contributed by atoms with E-state index in [1.165, 1.54) is 22.3 Å². The molecule has 0 fully saturated rings. The summed E-state index contributed by atoms with van der Waals surface area (Å²) < 4.78 is 5.46. The molecule has 0 saturated carbocycles. The Balaban J connectivity index is 1.37. The van der Waals surface area contributed by atoms with E-state index in [-0.39, 0.29) is 31.4 Å². The molecule has 0 atom stereocenters. The molecule has 0 aliphatic heterocycles. The quantitative estimate of drug-likeness (QED) is 0.363. The van der Waals surface area contributed by atoms with Crippen LogP contribution in [0.5, 0.6) is 0 Å². The summed E-state index contributed by atoms with van der Waals surface area (Å²) in [5.74, 6) is 1.68. The Kier molecular flexibility index (Phi) is 8.92. The number of hydrogen-bond donors (Lipinski definition) is 3. The minimum absolute atomic E-state index is 0.0288. The first-order valence-electron chi connectivity index (χ1n) is 10.0. The van der Waals surface area contributed by atoms with Crippen LogP contribution in [-0.2, 0) is 9.53 Å². The van der Waals surface area contributed by atoms with Crippen molar-refractivity contribution in [1.29, 1.82) is 0 Å². The number of rotatable bonds is 11. The monoisotopic (exact) mass is 445 g/mol. The van der Waals surface area contributed by atoms with Crippen LogP contribution in [0.15, 0.2) is 48.5 Å². The van der Waals surface area contributed by atoms with Gasteiger partial charge in [-0.05, 0) is 22.3 Å². The molecule has 4 N–H and O–H groups in total. The van der Waals surface area contributed by atoms with Gasteiger partial charge in [-0.25, -0.2) is 4.79 Å². The summed E-state index contributed by atoms with van der Waals surface area (Å²) in [7, 11) is 3.39. The highest BCUT2D eigenvalue weighted by atomic mass is 33.1. The highest BCUT2D eigenvalue weighted by Gasteiger charge is 2.28. The molecule has 0 spiro atoms. The molecule has 0 heterocycles. The molecular weight excluding hydrogens is 418 g/mol. The third-order valence-electron chi connectivity index (χ3n) is 4.76. The van der Waals surface area contributed by atoms with Crippen molar-refractivity contribution >= 4 is 33.6 Å². The molecule has 30 heavy (non-hydrogen) atoms. The van der Waals surface area contributed by atoms with Crippen molar-refractivity contribution in [3.8, 4) is 11.1 Å². The highest BCUT2D eigenvalue weighted by Crippen LogP contribution is 2.44. The van der Waals surface area contributed by atoms with Gasteiger partial charge in [0.25, 0.3) is 0 Å². The molecule has 1 aliphatic rings. The van der Waals surface area contributed by atoms with Gasteiger partial charge < -0.3 is 21.1 Å². The number of hydrogen-bond acceptors (Lipinski definition) is 6. The van der Waals surface area contributed by atoms with Crippen molar-refractivity contribution in [2.45, 2.75) is 12.3 Å². The van der Waals surface area contributed by atoms with E-state index in [9.17, 15) is 9.59 Å². The van der Waals surface area contributed by atoms with E-state index in [1.54, 1.807) is 21.6 Å². The summed E-state index contributed by atoms with van der Waals surface area (Å²) in [6, 6.07) is 16.4. The molecule has 0 aromatic heterocycles. The molecule has 2 aromatic carbocycles. The average Bonchev–Trinajstić information content (AvgIpc) is 3.08. The molecule has 0 unspecified atom stereocenters. The number of carbonyl (C=O) groups is 2. The summed E-state index contributed by atoms with van der Waals surface area (Å²) in [6.45, 7) is 1.78. The predicted molar refractivity (Wildman–Crippen MR) is 125 cm³/mol. The third kappa shape index (κ3) is 6.17. The standard InChI is InChI=1S/C22H27N3O3S2/c23-10-13-29-30-14-12-24-21(26)9-11-25-22(27)28-15-20-18-7-3-1-5-16(18)17-6-2-4-8-19(17)20/h1-8,20H,9-15,23H2,(H,24,26)(H,25,27). The van der Waals surface area contributed by atoms with Crippen LogP contribution in [0.2, 0.25) is 0 Å². The highest BCUT2D eigenvalue weighted by molar-refractivity contribution is 8.76. The second-order valence-electron chi connectivity index (χ2n) is 6.78. The molecule has 1 aliphatic carbocycles. The normalized spacial score (nSPS) is 12.2. The van der Waals surface area contributed by atoms with E-state index in [4.69, 9.17) is 10.5 Å². The second kappa shape index (κ2) is 11.9. The number of carbonyl (C=O) groups excluding carboxylic acids is 2. The zero-order valence-corrected chi connectivity index (χ0v) is 18.4. The fourth-order valence-corrected chi connectivity index (χ4v) is 5.18. The van der Waals surface area contributed by atoms with E-state index >= 15 is 0 Å². The minimum Gasteiger partial charge on any atom is -0.449 e. The van der Waals surface area contributed by atoms with E-state index < -0.39 is 6.09 Å². The van der Waals surface area contributed by atoms with Crippen LogP contribution in [-0.4, -0.2) is 49.7 Å². The van der Waals surface area contributed by atoms with Crippen molar-refractivity contribution < 1.29 is 14.3 Å². The van der Waals surface area contributed by atoms with Gasteiger partial charge in [0.1, 0.15) is 6.61 Å². The number of nitrogens with two attached hydrogens (primary N) is 1. The Hall–Kier alpha value is -2.16. The van der Waals surface area contributed by atoms with Gasteiger partial charge in [0.15, 0.2) is 0 Å². The average molecular weight is 446 g/mol. The smallest absolute Gasteiger partial charge is 0.407 e. The maximum absolute atomic E-state index is 12.1. The molecule has 0 radical (unpaired) electrons. The Labute approximate surface area is 185 Å². The molecule has 2 amide bonds. The molecule has 3 rings (SSSR count). The fourth-order valence-electron chi connectivity index (χ4n) is 3.41. The van der Waals surface area contributed by atoms with Gasteiger partial charge in [0, 0.05) is 43.5 Å². The first kappa shape index (κ1) is 22.5. The van der Waals surface area contributed by atoms with Gasteiger partial charge in [-0.1, -0.05) is 70.1 Å². The number of alkyl carbamates (subject to hydrolysis) is 1. The van der Waals surface area contributed by atoms with Gasteiger partial charge in [0.2, 0.25) is 5.91 Å². The van der Waals surface area contributed by atoms with E-state index in [1.807, 2.05) is 24.3 Å². The van der Waals surface area contributed by atoms with Gasteiger partial charge in [-0.15, -0.1) is 0 Å². The first-order chi connectivity index (χ1) is 14.7. The molecule has 0 bridgehead atoms. The number of fused-ring (bicyclic) bond motifs is 3. The zero-order valence-electron chi connectivity index (χ0n) is 16.8. The lowest BCUT2D eigenvalue weighted by molar-refractivity contribution is -0.120. The topological polar surface area (TPSA) is 93.5 Å². The van der Waals surface area contributed by atoms with Gasteiger partial charge in [0.05, 0.1) is 0 Å². The van der Waals surface area contributed by atoms with Crippen LogP contribution in [0.3, 0.4) is 0 Å². The molecule has 0 saturated heterocycles. The Bertz CT molecular complexity index is 818. The van der Waals surface area contributed by atoms with Crippen LogP contribution >= 0.6 is 21.6 Å². The molecule has 6 nitrogen and oxygen atoms in total. The SMILES string of the molecule is NCCSSCCNC(=O)CCNC(=O)OCC1c2ccccc2-c2ccccc21. The van der Waals surface area contributed by atoms with Gasteiger partial charge >= 0.3 is 6.09 Å². The lowest BCUT2D eigenvalue weighted by atomic mass is 9.98. The molecular formula is C22H27N3O3S2. The van der Waals surface area contributed by atoms with Crippen LogP contribution in [0.4, 0.5) is 4.79 Å². The fraction of sp³-hybridized carbons (Fsp3) is 0.364. The van der Waals surface area contributed by atoms with Crippen molar-refractivity contribution in [3.05, 3.63) is 59.7 Å². The lowest BCUT2D eigenvalue weighted by Crippen LogP contribution is -2.32. The molecule has 160 valence electrons. The van der Waals surface area contributed by atoms with Crippen LogP contribution in [0, 0.1) is 0 Å². The van der Waals surface area contributed by atoms with E-state index in [2.05, 4.69) is 34.9 Å². The van der Waals surface area contributed by atoms with Gasteiger partial charge in [-0.3, -0.25) is 4.79 Å². The largest absolute Gasteiger partial charge is 0.449 e. The van der Waals surface area contributed by atoms with Crippen molar-refractivity contribution in [2.75, 3.05) is 37.7 Å². The first-order valence-corrected chi connectivity index (χ1v) is 12.5. The third-order valence-corrected chi connectivity index (χ3v) is 7.20. The van der Waals surface area contributed by atoms with Crippen molar-refractivity contribution in [3.63, 3.8) is 0 Å². The van der Waals surface area contributed by atoms with Crippen molar-refractivity contribution in [2.24, 2.45) is 5.73 Å². The predicted octanol–water partition coefficient (Wildman–Crippen LogP) is 3.37. The number of ether oxygens (including phenoxy) is 1. The van der Waals surface area contributed by atoms with Crippen molar-refractivity contribution in [1.82, 2.24) is 10.6 Å². The summed E-state index contributed by atoms with van der Waals surface area (Å²) in [4.78, 5) is 23.9. The van der Waals surface area contributed by atoms with Gasteiger partial charge in [-0.2, -0.15) is 0 Å². The lowest BCUT2D eigenvalue weighted by Gasteiger charge is -2.14. The number of nitrogens with one attached hydrogen (secondary N) is 2. The zero-order chi connectivity index (χ0) is 21.2. The Morgan fingerprint density at radius 2 is 1.53 bits per heavy atom. The summed E-state index contributed by atoms with van der Waals surface area (Å²) in [5, 5.41) is 5.49. The summed E-state index contributed by atoms with van der Waals surface area (Å²) in [6.07, 6.45) is -0.274. The number of amides is 2. The Morgan fingerprint density at radius 3 is 2.20 bits per heavy atom.